The summed E-state index contributed by atoms with van der Waals surface area (Å²) < 4.78 is 5.44. The van der Waals surface area contributed by atoms with Crippen molar-refractivity contribution in [3.8, 4) is 5.75 Å². The van der Waals surface area contributed by atoms with Crippen LogP contribution in [0.15, 0.2) is 18.2 Å². The van der Waals surface area contributed by atoms with Gasteiger partial charge in [0.1, 0.15) is 5.75 Å². The van der Waals surface area contributed by atoms with Crippen LogP contribution >= 0.6 is 0 Å². The SMILES string of the molecule is COc1cc(C)ccc1C(C)NCCCC(=O)NC1CC1. The molecule has 1 aliphatic carbocycles. The molecule has 0 heterocycles. The molecular weight excluding hydrogens is 264 g/mol. The Morgan fingerprint density at radius 2 is 2.19 bits per heavy atom. The Kier molecular flexibility index (Phi) is 5.62. The third kappa shape index (κ3) is 5.05. The number of carbonyl (C=O) groups is 1. The number of ether oxygens (including phenoxy) is 1. The third-order valence-electron chi connectivity index (χ3n) is 3.83. The van der Waals surface area contributed by atoms with Crippen molar-refractivity contribution in [3.05, 3.63) is 29.3 Å². The van der Waals surface area contributed by atoms with Gasteiger partial charge in [0.15, 0.2) is 0 Å². The van der Waals surface area contributed by atoms with Crippen LogP contribution in [0.1, 0.15) is 49.8 Å². The second-order valence-electron chi connectivity index (χ2n) is 5.87. The van der Waals surface area contributed by atoms with Crippen molar-refractivity contribution in [2.24, 2.45) is 0 Å². The fraction of sp³-hybridized carbons (Fsp3) is 0.588. The van der Waals surface area contributed by atoms with E-state index in [2.05, 4.69) is 42.7 Å². The summed E-state index contributed by atoms with van der Waals surface area (Å²) in [6, 6.07) is 6.93. The quantitative estimate of drug-likeness (QED) is 0.724. The maximum atomic E-state index is 11.6. The minimum absolute atomic E-state index is 0.180. The Bertz CT molecular complexity index is 484. The van der Waals surface area contributed by atoms with Gasteiger partial charge in [-0.25, -0.2) is 0 Å². The Morgan fingerprint density at radius 3 is 2.86 bits per heavy atom. The first-order chi connectivity index (χ1) is 10.1. The summed E-state index contributed by atoms with van der Waals surface area (Å²) in [5.74, 6) is 1.10. The van der Waals surface area contributed by atoms with Gasteiger partial charge in [0.25, 0.3) is 0 Å². The van der Waals surface area contributed by atoms with Gasteiger partial charge in [-0.1, -0.05) is 12.1 Å². The number of methoxy groups -OCH3 is 1. The highest BCUT2D eigenvalue weighted by molar-refractivity contribution is 5.76. The first kappa shape index (κ1) is 15.8. The highest BCUT2D eigenvalue weighted by Crippen LogP contribution is 2.26. The van der Waals surface area contributed by atoms with Crippen molar-refractivity contribution in [1.29, 1.82) is 0 Å². The molecule has 2 N–H and O–H groups in total. The van der Waals surface area contributed by atoms with E-state index in [1.807, 2.05) is 0 Å². The van der Waals surface area contributed by atoms with Crippen LogP contribution in [0.4, 0.5) is 0 Å². The molecule has 0 aliphatic heterocycles. The lowest BCUT2D eigenvalue weighted by molar-refractivity contribution is -0.121. The van der Waals surface area contributed by atoms with E-state index in [1.54, 1.807) is 7.11 Å². The first-order valence-electron chi connectivity index (χ1n) is 7.77. The fourth-order valence-corrected chi connectivity index (χ4v) is 2.38. The number of rotatable bonds is 8. The number of benzene rings is 1. The monoisotopic (exact) mass is 290 g/mol. The predicted molar refractivity (Wildman–Crippen MR) is 84.5 cm³/mol. The van der Waals surface area contributed by atoms with Crippen LogP contribution in [0.2, 0.25) is 0 Å². The van der Waals surface area contributed by atoms with Crippen molar-refractivity contribution >= 4 is 5.91 Å². The molecule has 4 heteroatoms. The topological polar surface area (TPSA) is 50.4 Å². The van der Waals surface area contributed by atoms with E-state index >= 15 is 0 Å². The van der Waals surface area contributed by atoms with Gasteiger partial charge in [0.05, 0.1) is 7.11 Å². The zero-order chi connectivity index (χ0) is 15.2. The van der Waals surface area contributed by atoms with Gasteiger partial charge in [-0.2, -0.15) is 0 Å². The zero-order valence-electron chi connectivity index (χ0n) is 13.2. The Labute approximate surface area is 127 Å². The van der Waals surface area contributed by atoms with Crippen molar-refractivity contribution in [3.63, 3.8) is 0 Å². The number of hydrogen-bond acceptors (Lipinski definition) is 3. The molecule has 0 radical (unpaired) electrons. The number of aryl methyl sites for hydroxylation is 1. The largest absolute Gasteiger partial charge is 0.496 e. The van der Waals surface area contributed by atoms with Crippen LogP contribution in [0.25, 0.3) is 0 Å². The standard InChI is InChI=1S/C17H26N2O2/c1-12-6-9-15(16(11-12)21-3)13(2)18-10-4-5-17(20)19-14-7-8-14/h6,9,11,13-14,18H,4-5,7-8,10H2,1-3H3,(H,19,20). The van der Waals surface area contributed by atoms with E-state index in [0.717, 1.165) is 37.1 Å². The van der Waals surface area contributed by atoms with Gasteiger partial charge in [-0.3, -0.25) is 4.79 Å². The van der Waals surface area contributed by atoms with Crippen LogP contribution < -0.4 is 15.4 Å². The summed E-state index contributed by atoms with van der Waals surface area (Å²) in [7, 11) is 1.70. The average Bonchev–Trinajstić information content (AvgIpc) is 3.27. The minimum atomic E-state index is 0.180. The van der Waals surface area contributed by atoms with Crippen molar-refractivity contribution in [2.45, 2.75) is 51.6 Å². The molecule has 1 amide bonds. The van der Waals surface area contributed by atoms with Crippen molar-refractivity contribution in [1.82, 2.24) is 10.6 Å². The Hall–Kier alpha value is -1.55. The van der Waals surface area contributed by atoms with E-state index in [1.165, 1.54) is 5.56 Å². The summed E-state index contributed by atoms with van der Waals surface area (Å²) >= 11 is 0. The van der Waals surface area contributed by atoms with Gasteiger partial charge in [-0.15, -0.1) is 0 Å². The number of carbonyl (C=O) groups excluding carboxylic acids is 1. The Balaban J connectivity index is 1.73. The smallest absolute Gasteiger partial charge is 0.220 e. The second kappa shape index (κ2) is 7.46. The zero-order valence-corrected chi connectivity index (χ0v) is 13.2. The minimum Gasteiger partial charge on any atom is -0.496 e. The molecule has 1 saturated carbocycles. The highest BCUT2D eigenvalue weighted by Gasteiger charge is 2.22. The summed E-state index contributed by atoms with van der Waals surface area (Å²) in [6.45, 7) is 5.01. The van der Waals surface area contributed by atoms with E-state index in [0.29, 0.717) is 12.5 Å². The van der Waals surface area contributed by atoms with Gasteiger partial charge in [0.2, 0.25) is 5.91 Å². The van der Waals surface area contributed by atoms with Gasteiger partial charge in [-0.05, 0) is 51.3 Å². The van der Waals surface area contributed by atoms with Crippen LogP contribution in [-0.2, 0) is 4.79 Å². The average molecular weight is 290 g/mol. The van der Waals surface area contributed by atoms with Crippen molar-refractivity contribution in [2.75, 3.05) is 13.7 Å². The Morgan fingerprint density at radius 1 is 1.43 bits per heavy atom. The molecular formula is C17H26N2O2. The lowest BCUT2D eigenvalue weighted by Crippen LogP contribution is -2.27. The van der Waals surface area contributed by atoms with Crippen molar-refractivity contribution < 1.29 is 9.53 Å². The van der Waals surface area contributed by atoms with Crippen LogP contribution in [0.5, 0.6) is 5.75 Å². The van der Waals surface area contributed by atoms with E-state index < -0.39 is 0 Å². The van der Waals surface area contributed by atoms with Gasteiger partial charge < -0.3 is 15.4 Å². The van der Waals surface area contributed by atoms with E-state index in [-0.39, 0.29) is 11.9 Å². The molecule has 1 unspecified atom stereocenters. The summed E-state index contributed by atoms with van der Waals surface area (Å²) in [5.41, 5.74) is 2.35. The number of nitrogens with one attached hydrogen (secondary N) is 2. The molecule has 2 rings (SSSR count). The summed E-state index contributed by atoms with van der Waals surface area (Å²) in [5, 5.41) is 6.47. The van der Waals surface area contributed by atoms with Crippen LogP contribution in [0, 0.1) is 6.92 Å². The van der Waals surface area contributed by atoms with Gasteiger partial charge >= 0.3 is 0 Å². The molecule has 1 atom stereocenters. The maximum absolute atomic E-state index is 11.6. The molecule has 0 aromatic heterocycles. The van der Waals surface area contributed by atoms with Gasteiger partial charge in [0, 0.05) is 24.1 Å². The fourth-order valence-electron chi connectivity index (χ4n) is 2.38. The lowest BCUT2D eigenvalue weighted by Gasteiger charge is -2.17. The molecule has 1 aromatic carbocycles. The molecule has 1 aliphatic rings. The number of amides is 1. The summed E-state index contributed by atoms with van der Waals surface area (Å²) in [4.78, 5) is 11.6. The third-order valence-corrected chi connectivity index (χ3v) is 3.83. The molecule has 1 fully saturated rings. The first-order valence-corrected chi connectivity index (χ1v) is 7.77. The number of hydrogen-bond donors (Lipinski definition) is 2. The van der Waals surface area contributed by atoms with E-state index in [4.69, 9.17) is 4.74 Å². The summed E-state index contributed by atoms with van der Waals surface area (Å²) in [6.07, 6.45) is 3.75. The maximum Gasteiger partial charge on any atom is 0.220 e. The van der Waals surface area contributed by atoms with Crippen LogP contribution in [-0.4, -0.2) is 25.6 Å². The second-order valence-corrected chi connectivity index (χ2v) is 5.87. The van der Waals surface area contributed by atoms with Crippen LogP contribution in [0.3, 0.4) is 0 Å². The molecule has 1 aromatic rings. The molecule has 0 bridgehead atoms. The molecule has 4 nitrogen and oxygen atoms in total. The van der Waals surface area contributed by atoms with E-state index in [9.17, 15) is 4.79 Å². The lowest BCUT2D eigenvalue weighted by atomic mass is 10.0. The normalized spacial score (nSPS) is 15.6. The molecule has 21 heavy (non-hydrogen) atoms. The predicted octanol–water partition coefficient (Wildman–Crippen LogP) is 2.71. The molecule has 116 valence electrons. The molecule has 0 saturated heterocycles. The molecule has 0 spiro atoms. The highest BCUT2D eigenvalue weighted by atomic mass is 16.5.